The van der Waals surface area contributed by atoms with Crippen molar-refractivity contribution in [3.63, 3.8) is 0 Å². The average molecular weight is 285 g/mol. The van der Waals surface area contributed by atoms with Crippen molar-refractivity contribution in [1.82, 2.24) is 4.31 Å². The number of nitrogens with two attached hydrogens (primary N) is 1. The van der Waals surface area contributed by atoms with Crippen LogP contribution in [-0.2, 0) is 21.4 Å². The molecule has 0 spiro atoms. The topological polar surface area (TPSA) is 84.7 Å². The fourth-order valence-electron chi connectivity index (χ4n) is 1.98. The predicted molar refractivity (Wildman–Crippen MR) is 75.2 cm³/mol. The third-order valence-corrected chi connectivity index (χ3v) is 4.62. The molecule has 7 heteroatoms. The molecule has 1 fully saturated rings. The van der Waals surface area contributed by atoms with Crippen LogP contribution in [0.5, 0.6) is 0 Å². The third-order valence-electron chi connectivity index (χ3n) is 3.08. The van der Waals surface area contributed by atoms with Gasteiger partial charge >= 0.3 is 10.2 Å². The Balaban J connectivity index is 2.13. The molecule has 3 N–H and O–H groups in total. The number of hydrogen-bond donors (Lipinski definition) is 2. The van der Waals surface area contributed by atoms with Gasteiger partial charge in [-0.15, -0.1) is 0 Å². The Morgan fingerprint density at radius 1 is 1.37 bits per heavy atom. The second-order valence-corrected chi connectivity index (χ2v) is 6.06. The first-order chi connectivity index (χ1) is 9.03. The zero-order valence-corrected chi connectivity index (χ0v) is 11.7. The largest absolute Gasteiger partial charge is 0.398 e. The van der Waals surface area contributed by atoms with Crippen molar-refractivity contribution in [1.29, 1.82) is 0 Å². The van der Waals surface area contributed by atoms with Gasteiger partial charge in [0.25, 0.3) is 0 Å². The minimum Gasteiger partial charge on any atom is -0.398 e. The van der Waals surface area contributed by atoms with E-state index in [9.17, 15) is 8.42 Å². The van der Waals surface area contributed by atoms with Gasteiger partial charge in [-0.25, -0.2) is 0 Å². The van der Waals surface area contributed by atoms with Gasteiger partial charge in [0.05, 0.1) is 18.9 Å². The summed E-state index contributed by atoms with van der Waals surface area (Å²) in [5.41, 5.74) is 7.96. The molecule has 0 aliphatic carbocycles. The minimum atomic E-state index is -3.52. The number of morpholine rings is 1. The predicted octanol–water partition coefficient (Wildman–Crippen LogP) is 0.820. The van der Waals surface area contributed by atoms with E-state index >= 15 is 0 Å². The minimum absolute atomic E-state index is 0.373. The number of aryl methyl sites for hydroxylation is 1. The SMILES string of the molecule is CCc1ccc(NS(=O)(=O)N2CCOCC2)cc1N. The van der Waals surface area contributed by atoms with Gasteiger partial charge in [-0.2, -0.15) is 12.7 Å². The van der Waals surface area contributed by atoms with Crippen molar-refractivity contribution in [2.75, 3.05) is 36.8 Å². The number of hydrogen-bond acceptors (Lipinski definition) is 4. The number of benzene rings is 1. The molecule has 1 saturated heterocycles. The Morgan fingerprint density at radius 2 is 2.05 bits per heavy atom. The van der Waals surface area contributed by atoms with E-state index in [1.807, 2.05) is 13.0 Å². The summed E-state index contributed by atoms with van der Waals surface area (Å²) in [5, 5.41) is 0. The Labute approximate surface area is 113 Å². The Bertz CT molecular complexity index is 539. The molecule has 19 heavy (non-hydrogen) atoms. The highest BCUT2D eigenvalue weighted by atomic mass is 32.2. The fraction of sp³-hybridized carbons (Fsp3) is 0.500. The molecule has 0 unspecified atom stereocenters. The molecule has 0 amide bonds. The summed E-state index contributed by atoms with van der Waals surface area (Å²) in [6.07, 6.45) is 0.822. The highest BCUT2D eigenvalue weighted by Gasteiger charge is 2.24. The molecule has 0 bridgehead atoms. The highest BCUT2D eigenvalue weighted by Crippen LogP contribution is 2.20. The lowest BCUT2D eigenvalue weighted by molar-refractivity contribution is 0.0733. The zero-order valence-electron chi connectivity index (χ0n) is 10.9. The molecule has 0 radical (unpaired) electrons. The van der Waals surface area contributed by atoms with E-state index in [2.05, 4.69) is 4.72 Å². The van der Waals surface area contributed by atoms with Crippen LogP contribution in [0.4, 0.5) is 11.4 Å². The van der Waals surface area contributed by atoms with E-state index in [1.54, 1.807) is 12.1 Å². The summed E-state index contributed by atoms with van der Waals surface area (Å²) < 4.78 is 33.3. The van der Waals surface area contributed by atoms with Gasteiger partial charge in [0, 0.05) is 18.8 Å². The Morgan fingerprint density at radius 3 is 2.63 bits per heavy atom. The smallest absolute Gasteiger partial charge is 0.301 e. The van der Waals surface area contributed by atoms with E-state index < -0.39 is 10.2 Å². The molecule has 0 atom stereocenters. The van der Waals surface area contributed by atoms with Crippen molar-refractivity contribution in [2.24, 2.45) is 0 Å². The van der Waals surface area contributed by atoms with Gasteiger partial charge in [0.1, 0.15) is 0 Å². The van der Waals surface area contributed by atoms with E-state index in [-0.39, 0.29) is 0 Å². The summed E-state index contributed by atoms with van der Waals surface area (Å²) in [7, 11) is -3.52. The van der Waals surface area contributed by atoms with Gasteiger partial charge in [-0.3, -0.25) is 4.72 Å². The van der Waals surface area contributed by atoms with Crippen molar-refractivity contribution in [3.8, 4) is 0 Å². The summed E-state index contributed by atoms with van der Waals surface area (Å²) in [6.45, 7) is 3.61. The molecule has 6 nitrogen and oxygen atoms in total. The van der Waals surface area contributed by atoms with Crippen molar-refractivity contribution in [2.45, 2.75) is 13.3 Å². The zero-order chi connectivity index (χ0) is 13.9. The number of nitrogen functional groups attached to an aromatic ring is 1. The molecule has 2 rings (SSSR count). The molecule has 1 aliphatic rings. The normalized spacial score (nSPS) is 17.3. The number of anilines is 2. The second-order valence-electron chi connectivity index (χ2n) is 4.39. The van der Waals surface area contributed by atoms with Crippen LogP contribution >= 0.6 is 0 Å². The third kappa shape index (κ3) is 3.37. The maximum absolute atomic E-state index is 12.1. The van der Waals surface area contributed by atoms with Crippen LogP contribution in [0.3, 0.4) is 0 Å². The second kappa shape index (κ2) is 5.77. The maximum Gasteiger partial charge on any atom is 0.301 e. The summed E-state index contributed by atoms with van der Waals surface area (Å²) in [5.74, 6) is 0. The lowest BCUT2D eigenvalue weighted by Gasteiger charge is -2.26. The molecule has 1 aromatic carbocycles. The van der Waals surface area contributed by atoms with Crippen LogP contribution in [-0.4, -0.2) is 39.0 Å². The molecule has 1 aliphatic heterocycles. The number of rotatable bonds is 4. The lowest BCUT2D eigenvalue weighted by Crippen LogP contribution is -2.43. The first kappa shape index (κ1) is 14.1. The van der Waals surface area contributed by atoms with Gasteiger partial charge < -0.3 is 10.5 Å². The molecule has 1 heterocycles. The van der Waals surface area contributed by atoms with Crippen LogP contribution in [0.2, 0.25) is 0 Å². The number of ether oxygens (including phenoxy) is 1. The molecule has 106 valence electrons. The summed E-state index contributed by atoms with van der Waals surface area (Å²) in [4.78, 5) is 0. The summed E-state index contributed by atoms with van der Waals surface area (Å²) in [6, 6.07) is 5.22. The first-order valence-electron chi connectivity index (χ1n) is 6.27. The average Bonchev–Trinajstić information content (AvgIpc) is 2.39. The molecule has 0 aromatic heterocycles. The first-order valence-corrected chi connectivity index (χ1v) is 7.71. The van der Waals surface area contributed by atoms with Gasteiger partial charge in [0.15, 0.2) is 0 Å². The monoisotopic (exact) mass is 285 g/mol. The van der Waals surface area contributed by atoms with Crippen LogP contribution in [0.1, 0.15) is 12.5 Å². The highest BCUT2D eigenvalue weighted by molar-refractivity contribution is 7.90. The molecular formula is C12H19N3O3S. The Hall–Kier alpha value is -1.31. The fourth-order valence-corrected chi connectivity index (χ4v) is 3.16. The van der Waals surface area contributed by atoms with Crippen molar-refractivity contribution >= 4 is 21.6 Å². The Kier molecular flexibility index (Phi) is 4.28. The van der Waals surface area contributed by atoms with Crippen LogP contribution < -0.4 is 10.5 Å². The molecular weight excluding hydrogens is 266 g/mol. The maximum atomic E-state index is 12.1. The van der Waals surface area contributed by atoms with E-state index in [0.717, 1.165) is 12.0 Å². The number of nitrogens with one attached hydrogen (secondary N) is 1. The van der Waals surface area contributed by atoms with E-state index in [4.69, 9.17) is 10.5 Å². The molecule has 0 saturated carbocycles. The van der Waals surface area contributed by atoms with E-state index in [1.165, 1.54) is 4.31 Å². The molecule has 1 aromatic rings. The summed E-state index contributed by atoms with van der Waals surface area (Å²) >= 11 is 0. The number of nitrogens with zero attached hydrogens (tertiary/aromatic N) is 1. The van der Waals surface area contributed by atoms with Crippen molar-refractivity contribution in [3.05, 3.63) is 23.8 Å². The van der Waals surface area contributed by atoms with Crippen molar-refractivity contribution < 1.29 is 13.2 Å². The van der Waals surface area contributed by atoms with Crippen LogP contribution in [0.15, 0.2) is 18.2 Å². The quantitative estimate of drug-likeness (QED) is 0.802. The van der Waals surface area contributed by atoms with Crippen LogP contribution in [0.25, 0.3) is 0 Å². The van der Waals surface area contributed by atoms with Gasteiger partial charge in [-0.05, 0) is 24.1 Å². The van der Waals surface area contributed by atoms with Crippen LogP contribution in [0, 0.1) is 0 Å². The van der Waals surface area contributed by atoms with E-state index in [0.29, 0.717) is 37.7 Å². The van der Waals surface area contributed by atoms with Gasteiger partial charge in [0.2, 0.25) is 0 Å². The lowest BCUT2D eigenvalue weighted by atomic mass is 10.1. The van der Waals surface area contributed by atoms with Gasteiger partial charge in [-0.1, -0.05) is 13.0 Å². The standard InChI is InChI=1S/C12H19N3O3S/c1-2-10-3-4-11(9-12(10)13)14-19(16,17)15-5-7-18-8-6-15/h3-4,9,14H,2,5-8,13H2,1H3.